The van der Waals surface area contributed by atoms with Gasteiger partial charge >= 0.3 is 6.18 Å². The van der Waals surface area contributed by atoms with E-state index in [1.807, 2.05) is 6.92 Å². The van der Waals surface area contributed by atoms with Crippen molar-refractivity contribution in [2.75, 3.05) is 0 Å². The molecule has 1 aliphatic carbocycles. The van der Waals surface area contributed by atoms with Crippen molar-refractivity contribution in [3.63, 3.8) is 0 Å². The fraction of sp³-hybridized carbons (Fsp3) is 0.600. The van der Waals surface area contributed by atoms with Gasteiger partial charge in [0.05, 0.1) is 11.9 Å². The molecule has 4 rings (SSSR count). The van der Waals surface area contributed by atoms with E-state index in [0.717, 1.165) is 31.1 Å². The molecule has 8 heteroatoms. The Balaban J connectivity index is 1.86. The van der Waals surface area contributed by atoms with Crippen LogP contribution in [0.15, 0.2) is 10.7 Å². The summed E-state index contributed by atoms with van der Waals surface area (Å²) in [5, 5.41) is 14.0. The van der Waals surface area contributed by atoms with E-state index in [-0.39, 0.29) is 6.04 Å². The molecule has 1 fully saturated rings. The summed E-state index contributed by atoms with van der Waals surface area (Å²) in [6.45, 7) is 2.54. The van der Waals surface area contributed by atoms with Crippen molar-refractivity contribution in [1.82, 2.24) is 14.7 Å². The van der Waals surface area contributed by atoms with Gasteiger partial charge in [-0.05, 0) is 33.1 Å². The molecule has 2 aromatic heterocycles. The van der Waals surface area contributed by atoms with Crippen LogP contribution in [0.4, 0.5) is 13.2 Å². The van der Waals surface area contributed by atoms with E-state index < -0.39 is 17.6 Å². The van der Waals surface area contributed by atoms with Crippen LogP contribution in [0.25, 0.3) is 11.4 Å². The maximum Gasteiger partial charge on any atom is 0.424 e. The molecule has 1 aliphatic heterocycles. The average molecular weight is 327 g/mol. The van der Waals surface area contributed by atoms with Crippen LogP contribution in [-0.2, 0) is 12.0 Å². The highest BCUT2D eigenvalue weighted by molar-refractivity contribution is 5.63. The van der Waals surface area contributed by atoms with E-state index in [2.05, 4.69) is 10.1 Å². The number of fused-ring (bicyclic) bond motifs is 3. The number of rotatable bonds is 2. The first-order valence-electron chi connectivity index (χ1n) is 7.57. The first kappa shape index (κ1) is 14.7. The van der Waals surface area contributed by atoms with Crippen molar-refractivity contribution in [2.45, 2.75) is 56.8 Å². The summed E-state index contributed by atoms with van der Waals surface area (Å²) < 4.78 is 46.4. The number of nitrogens with zero attached hydrogens (tertiary/aromatic N) is 3. The molecule has 2 atom stereocenters. The third-order valence-corrected chi connectivity index (χ3v) is 4.73. The molecule has 1 N–H and O–H groups in total. The Labute approximate surface area is 130 Å². The summed E-state index contributed by atoms with van der Waals surface area (Å²) >= 11 is 0. The zero-order chi connectivity index (χ0) is 16.6. The SMILES string of the molecule is C[C@@H]1Cc2c(noc2C2CC2)-c2cnc(C(C)(O)C(F)(F)F)n21. The van der Waals surface area contributed by atoms with E-state index in [4.69, 9.17) is 4.52 Å². The van der Waals surface area contributed by atoms with Crippen LogP contribution < -0.4 is 0 Å². The third-order valence-electron chi connectivity index (χ3n) is 4.73. The van der Waals surface area contributed by atoms with E-state index in [1.165, 1.54) is 10.8 Å². The third kappa shape index (κ3) is 1.97. The van der Waals surface area contributed by atoms with Gasteiger partial charge in [0.1, 0.15) is 11.5 Å². The molecule has 0 saturated heterocycles. The monoisotopic (exact) mass is 327 g/mol. The minimum absolute atomic E-state index is 0.263. The lowest BCUT2D eigenvalue weighted by atomic mass is 9.96. The largest absolute Gasteiger partial charge is 0.424 e. The molecule has 1 saturated carbocycles. The second-order valence-electron chi connectivity index (χ2n) is 6.61. The lowest BCUT2D eigenvalue weighted by Gasteiger charge is -2.30. The molecule has 0 aromatic carbocycles. The minimum Gasteiger partial charge on any atom is -0.374 e. The van der Waals surface area contributed by atoms with Gasteiger partial charge < -0.3 is 14.2 Å². The van der Waals surface area contributed by atoms with Gasteiger partial charge in [-0.2, -0.15) is 13.2 Å². The molecule has 124 valence electrons. The average Bonchev–Trinajstić information content (AvgIpc) is 3.03. The summed E-state index contributed by atoms with van der Waals surface area (Å²) in [6.07, 6.45) is -0.830. The quantitative estimate of drug-likeness (QED) is 0.919. The Kier molecular flexibility index (Phi) is 2.80. The topological polar surface area (TPSA) is 64.1 Å². The predicted molar refractivity (Wildman–Crippen MR) is 73.7 cm³/mol. The highest BCUT2D eigenvalue weighted by Crippen LogP contribution is 2.48. The first-order valence-corrected chi connectivity index (χ1v) is 7.57. The van der Waals surface area contributed by atoms with Crippen molar-refractivity contribution in [3.8, 4) is 11.4 Å². The van der Waals surface area contributed by atoms with Crippen molar-refractivity contribution in [3.05, 3.63) is 23.3 Å². The molecule has 3 heterocycles. The highest BCUT2D eigenvalue weighted by atomic mass is 19.4. The number of alkyl halides is 3. The van der Waals surface area contributed by atoms with Crippen molar-refractivity contribution < 1.29 is 22.8 Å². The number of hydrogen-bond acceptors (Lipinski definition) is 4. The van der Waals surface area contributed by atoms with Gasteiger partial charge in [0.15, 0.2) is 5.82 Å². The number of hydrogen-bond donors (Lipinski definition) is 1. The second kappa shape index (κ2) is 4.37. The van der Waals surface area contributed by atoms with Gasteiger partial charge in [0, 0.05) is 17.5 Å². The Morgan fingerprint density at radius 3 is 2.65 bits per heavy atom. The van der Waals surface area contributed by atoms with E-state index >= 15 is 0 Å². The summed E-state index contributed by atoms with van der Waals surface area (Å²) in [7, 11) is 0. The van der Waals surface area contributed by atoms with Crippen molar-refractivity contribution in [2.24, 2.45) is 0 Å². The molecule has 23 heavy (non-hydrogen) atoms. The molecule has 0 radical (unpaired) electrons. The summed E-state index contributed by atoms with van der Waals surface area (Å²) in [5.41, 5.74) is -1.04. The van der Waals surface area contributed by atoms with Gasteiger partial charge in [-0.1, -0.05) is 5.16 Å². The van der Waals surface area contributed by atoms with Crippen LogP contribution in [0.1, 0.15) is 55.8 Å². The molecule has 2 aliphatic rings. The summed E-state index contributed by atoms with van der Waals surface area (Å²) in [5.74, 6) is 0.822. The van der Waals surface area contributed by atoms with Crippen LogP contribution in [0, 0.1) is 0 Å². The van der Waals surface area contributed by atoms with Crippen LogP contribution in [0.2, 0.25) is 0 Å². The van der Waals surface area contributed by atoms with Gasteiger partial charge in [0.2, 0.25) is 5.60 Å². The highest BCUT2D eigenvalue weighted by Gasteiger charge is 2.55. The van der Waals surface area contributed by atoms with E-state index in [0.29, 0.717) is 23.7 Å². The second-order valence-corrected chi connectivity index (χ2v) is 6.61. The summed E-state index contributed by atoms with van der Waals surface area (Å²) in [6, 6.07) is -0.263. The fourth-order valence-electron chi connectivity index (χ4n) is 3.24. The number of halogens is 3. The molecule has 2 aromatic rings. The Morgan fingerprint density at radius 1 is 1.35 bits per heavy atom. The Bertz CT molecular complexity index is 772. The zero-order valence-corrected chi connectivity index (χ0v) is 12.7. The van der Waals surface area contributed by atoms with Crippen LogP contribution in [-0.4, -0.2) is 26.0 Å². The zero-order valence-electron chi connectivity index (χ0n) is 12.7. The van der Waals surface area contributed by atoms with E-state index in [1.54, 1.807) is 0 Å². The Morgan fingerprint density at radius 2 is 2.04 bits per heavy atom. The lowest BCUT2D eigenvalue weighted by molar-refractivity contribution is -0.262. The van der Waals surface area contributed by atoms with E-state index in [9.17, 15) is 18.3 Å². The molecule has 0 bridgehead atoms. The van der Waals surface area contributed by atoms with Crippen LogP contribution >= 0.6 is 0 Å². The number of aliphatic hydroxyl groups is 1. The smallest absolute Gasteiger partial charge is 0.374 e. The van der Waals surface area contributed by atoms with Crippen molar-refractivity contribution >= 4 is 0 Å². The van der Waals surface area contributed by atoms with Crippen LogP contribution in [0.5, 0.6) is 0 Å². The van der Waals surface area contributed by atoms with Gasteiger partial charge in [-0.25, -0.2) is 4.98 Å². The number of aromatic nitrogens is 3. The van der Waals surface area contributed by atoms with Gasteiger partial charge in [0.25, 0.3) is 0 Å². The maximum atomic E-state index is 13.2. The normalized spacial score (nSPS) is 23.3. The number of imidazole rings is 1. The Hall–Kier alpha value is -1.83. The molecule has 0 spiro atoms. The molecule has 5 nitrogen and oxygen atoms in total. The van der Waals surface area contributed by atoms with Gasteiger partial charge in [-0.15, -0.1) is 0 Å². The molecule has 0 amide bonds. The lowest BCUT2D eigenvalue weighted by Crippen LogP contribution is -2.42. The van der Waals surface area contributed by atoms with Gasteiger partial charge in [-0.3, -0.25) is 0 Å². The van der Waals surface area contributed by atoms with Crippen LogP contribution in [0.3, 0.4) is 0 Å². The molecular weight excluding hydrogens is 311 g/mol. The minimum atomic E-state index is -4.81. The summed E-state index contributed by atoms with van der Waals surface area (Å²) in [4.78, 5) is 3.87. The fourth-order valence-corrected chi connectivity index (χ4v) is 3.24. The predicted octanol–water partition coefficient (Wildman–Crippen LogP) is 3.30. The standard InChI is InChI=1S/C15H16F3N3O2/c1-7-5-9-11(20-23-12(9)8-3-4-8)10-6-19-13(21(7)10)14(2,22)15(16,17)18/h6-8,22H,3-5H2,1-2H3/t7-,14?/m1/s1. The maximum absolute atomic E-state index is 13.2. The van der Waals surface area contributed by atoms with Crippen molar-refractivity contribution in [1.29, 1.82) is 0 Å². The first-order chi connectivity index (χ1) is 10.7. The molecular formula is C15H16F3N3O2. The molecule has 1 unspecified atom stereocenters.